The Labute approximate surface area is 65.5 Å². The van der Waals surface area contributed by atoms with E-state index >= 15 is 0 Å². The largest absolute Gasteiger partial charge is 0.356 e. The molecule has 0 radical (unpaired) electrons. The first kappa shape index (κ1) is 7.79. The van der Waals surface area contributed by atoms with E-state index in [-0.39, 0.29) is 0 Å². The van der Waals surface area contributed by atoms with Crippen molar-refractivity contribution < 1.29 is 4.52 Å². The molecule has 0 aliphatic heterocycles. The summed E-state index contributed by atoms with van der Waals surface area (Å²) in [4.78, 5) is 0. The quantitative estimate of drug-likeness (QED) is 0.589. The minimum Gasteiger partial charge on any atom is -0.356 e. The standard InChI is InChI=1S/C9H11NO/c1-4-6-8-7(3)10-11-9(8)5-2/h4-6H,1H2,2-3H3/b8-6-,9-5+. The van der Waals surface area contributed by atoms with E-state index in [1.165, 1.54) is 0 Å². The molecule has 2 heteroatoms. The molecule has 0 saturated carbocycles. The summed E-state index contributed by atoms with van der Waals surface area (Å²) in [6, 6.07) is 0. The maximum absolute atomic E-state index is 5.01. The van der Waals surface area contributed by atoms with Crippen molar-refractivity contribution in [2.45, 2.75) is 13.8 Å². The average molecular weight is 149 g/mol. The Morgan fingerprint density at radius 3 is 2.82 bits per heavy atom. The van der Waals surface area contributed by atoms with E-state index in [2.05, 4.69) is 11.7 Å². The topological polar surface area (TPSA) is 26.0 Å². The fourth-order valence-corrected chi connectivity index (χ4v) is 0.923. The zero-order valence-electron chi connectivity index (χ0n) is 6.79. The smallest absolute Gasteiger partial charge is 0.162 e. The van der Waals surface area contributed by atoms with Crippen molar-refractivity contribution in [3.63, 3.8) is 0 Å². The highest BCUT2D eigenvalue weighted by Crippen LogP contribution is 1.77. The summed E-state index contributed by atoms with van der Waals surface area (Å²) in [6.45, 7) is 7.44. The predicted molar refractivity (Wildman–Crippen MR) is 45.3 cm³/mol. The molecule has 0 spiro atoms. The first-order valence-electron chi connectivity index (χ1n) is 3.51. The zero-order chi connectivity index (χ0) is 8.27. The predicted octanol–water partition coefficient (Wildman–Crippen LogP) is 0.750. The molecule has 58 valence electrons. The van der Waals surface area contributed by atoms with E-state index in [0.29, 0.717) is 0 Å². The van der Waals surface area contributed by atoms with E-state index in [1.807, 2.05) is 26.0 Å². The third-order valence-corrected chi connectivity index (χ3v) is 1.48. The molecule has 0 amide bonds. The number of hydrogen-bond donors (Lipinski definition) is 0. The Hall–Kier alpha value is -1.31. The molecule has 0 aromatic carbocycles. The summed E-state index contributed by atoms with van der Waals surface area (Å²) >= 11 is 0. The van der Waals surface area contributed by atoms with Crippen molar-refractivity contribution in [2.75, 3.05) is 0 Å². The number of rotatable bonds is 1. The van der Waals surface area contributed by atoms with Gasteiger partial charge in [-0.25, -0.2) is 0 Å². The van der Waals surface area contributed by atoms with Gasteiger partial charge in [-0.3, -0.25) is 0 Å². The van der Waals surface area contributed by atoms with Crippen molar-refractivity contribution >= 4 is 12.2 Å². The van der Waals surface area contributed by atoms with Crippen molar-refractivity contribution in [1.82, 2.24) is 5.16 Å². The van der Waals surface area contributed by atoms with E-state index in [0.717, 1.165) is 16.3 Å². The van der Waals surface area contributed by atoms with Crippen LogP contribution in [0.5, 0.6) is 0 Å². The van der Waals surface area contributed by atoms with Gasteiger partial charge in [0.2, 0.25) is 0 Å². The van der Waals surface area contributed by atoms with Crippen LogP contribution in [-0.4, -0.2) is 5.16 Å². The molecule has 0 atom stereocenters. The van der Waals surface area contributed by atoms with Crippen molar-refractivity contribution in [3.05, 3.63) is 29.0 Å². The van der Waals surface area contributed by atoms with Crippen LogP contribution in [0.1, 0.15) is 12.6 Å². The van der Waals surface area contributed by atoms with Crippen LogP contribution in [0.15, 0.2) is 17.2 Å². The van der Waals surface area contributed by atoms with Gasteiger partial charge in [0.1, 0.15) is 0 Å². The Balaban J connectivity index is 3.54. The second-order valence-electron chi connectivity index (χ2n) is 2.24. The third kappa shape index (κ3) is 1.40. The maximum Gasteiger partial charge on any atom is 0.162 e. The monoisotopic (exact) mass is 149 g/mol. The number of allylic oxidation sites excluding steroid dienone is 1. The molecular weight excluding hydrogens is 138 g/mol. The van der Waals surface area contributed by atoms with E-state index < -0.39 is 0 Å². The summed E-state index contributed by atoms with van der Waals surface area (Å²) in [6.07, 6.45) is 5.50. The Morgan fingerprint density at radius 2 is 2.27 bits per heavy atom. The van der Waals surface area contributed by atoms with Gasteiger partial charge in [0, 0.05) is 5.22 Å². The van der Waals surface area contributed by atoms with Crippen LogP contribution in [0.2, 0.25) is 0 Å². The fraction of sp³-hybridized carbons (Fsp3) is 0.222. The van der Waals surface area contributed by atoms with Crippen molar-refractivity contribution in [2.24, 2.45) is 0 Å². The van der Waals surface area contributed by atoms with Gasteiger partial charge in [-0.2, -0.15) is 0 Å². The molecule has 1 heterocycles. The lowest BCUT2D eigenvalue weighted by Crippen LogP contribution is -2.20. The van der Waals surface area contributed by atoms with Crippen molar-refractivity contribution in [3.8, 4) is 0 Å². The molecule has 0 saturated heterocycles. The molecule has 0 aliphatic rings. The van der Waals surface area contributed by atoms with Crippen molar-refractivity contribution in [1.29, 1.82) is 0 Å². The SMILES string of the molecule is C=C/C=c1/c(C)no/c1=C/C. The first-order chi connectivity index (χ1) is 5.29. The van der Waals surface area contributed by atoms with E-state index in [1.54, 1.807) is 6.08 Å². The molecule has 11 heavy (non-hydrogen) atoms. The summed E-state index contributed by atoms with van der Waals surface area (Å²) < 4.78 is 5.01. The van der Waals surface area contributed by atoms with Crippen LogP contribution in [0.25, 0.3) is 12.2 Å². The lowest BCUT2D eigenvalue weighted by atomic mass is 10.3. The molecule has 2 nitrogen and oxygen atoms in total. The lowest BCUT2D eigenvalue weighted by molar-refractivity contribution is 0.389. The molecule has 0 bridgehead atoms. The molecule has 1 aromatic rings. The minimum absolute atomic E-state index is 0.808. The second-order valence-corrected chi connectivity index (χ2v) is 2.24. The summed E-state index contributed by atoms with van der Waals surface area (Å²) in [5, 5.41) is 4.84. The molecule has 0 unspecified atom stereocenters. The highest BCUT2D eigenvalue weighted by Gasteiger charge is 1.94. The van der Waals surface area contributed by atoms with E-state index in [9.17, 15) is 0 Å². The Kier molecular flexibility index (Phi) is 2.26. The highest BCUT2D eigenvalue weighted by molar-refractivity contribution is 5.37. The van der Waals surface area contributed by atoms with Gasteiger partial charge < -0.3 is 4.52 Å². The van der Waals surface area contributed by atoms with Crippen LogP contribution < -0.4 is 10.6 Å². The molecule has 1 aromatic heterocycles. The summed E-state index contributed by atoms with van der Waals surface area (Å²) in [7, 11) is 0. The third-order valence-electron chi connectivity index (χ3n) is 1.48. The molecule has 0 aliphatic carbocycles. The molecular formula is C9H11NO. The van der Waals surface area contributed by atoms with Gasteiger partial charge in [-0.1, -0.05) is 17.8 Å². The van der Waals surface area contributed by atoms with E-state index in [4.69, 9.17) is 4.52 Å². The Bertz CT molecular complexity index is 359. The normalized spacial score (nSPS) is 14.0. The highest BCUT2D eigenvalue weighted by atomic mass is 16.5. The number of aromatic nitrogens is 1. The molecule has 0 N–H and O–H groups in total. The van der Waals surface area contributed by atoms with Gasteiger partial charge in [0.25, 0.3) is 0 Å². The molecule has 0 fully saturated rings. The maximum atomic E-state index is 5.01. The van der Waals surface area contributed by atoms with Gasteiger partial charge >= 0.3 is 0 Å². The second kappa shape index (κ2) is 3.19. The first-order valence-corrected chi connectivity index (χ1v) is 3.51. The van der Waals surface area contributed by atoms with Gasteiger partial charge in [-0.05, 0) is 26.0 Å². The van der Waals surface area contributed by atoms with Crippen LogP contribution in [0.3, 0.4) is 0 Å². The molecule has 1 rings (SSSR count). The van der Waals surface area contributed by atoms with Gasteiger partial charge in [0.15, 0.2) is 5.42 Å². The summed E-state index contributed by atoms with van der Waals surface area (Å²) in [5.41, 5.74) is 1.71. The number of hydrogen-bond acceptors (Lipinski definition) is 2. The summed E-state index contributed by atoms with van der Waals surface area (Å²) in [5.74, 6) is 0. The zero-order valence-corrected chi connectivity index (χ0v) is 6.79. The van der Waals surface area contributed by atoms with Gasteiger partial charge in [0.05, 0.1) is 5.69 Å². The Morgan fingerprint density at radius 1 is 1.55 bits per heavy atom. The van der Waals surface area contributed by atoms with Crippen LogP contribution in [0.4, 0.5) is 0 Å². The van der Waals surface area contributed by atoms with Crippen LogP contribution >= 0.6 is 0 Å². The number of aryl methyl sites for hydroxylation is 1. The van der Waals surface area contributed by atoms with Crippen LogP contribution in [-0.2, 0) is 0 Å². The minimum atomic E-state index is 0.808. The number of nitrogens with zero attached hydrogens (tertiary/aromatic N) is 1. The lowest BCUT2D eigenvalue weighted by Gasteiger charge is -1.74. The van der Waals surface area contributed by atoms with Gasteiger partial charge in [-0.15, -0.1) is 0 Å². The fourth-order valence-electron chi connectivity index (χ4n) is 0.923. The van der Waals surface area contributed by atoms with Crippen LogP contribution in [0, 0.1) is 6.92 Å². The average Bonchev–Trinajstić information content (AvgIpc) is 2.34.